The first kappa shape index (κ1) is 20.9. The fraction of sp³-hybridized carbons (Fsp3) is 0.882. The Morgan fingerprint density at radius 1 is 1.17 bits per heavy atom. The second kappa shape index (κ2) is 11.4. The highest BCUT2D eigenvalue weighted by Gasteiger charge is 2.43. The zero-order valence-electron chi connectivity index (χ0n) is 14.5. The maximum Gasteiger partial charge on any atom is 0.310 e. The molecule has 0 radical (unpaired) electrons. The molecule has 1 saturated heterocycles. The van der Waals surface area contributed by atoms with E-state index in [1.165, 1.54) is 0 Å². The Morgan fingerprint density at radius 2 is 1.88 bits per heavy atom. The summed E-state index contributed by atoms with van der Waals surface area (Å²) in [6, 6.07) is 0. The Labute approximate surface area is 143 Å². The van der Waals surface area contributed by atoms with Crippen LogP contribution in [0.5, 0.6) is 0 Å². The van der Waals surface area contributed by atoms with Crippen molar-refractivity contribution in [1.29, 1.82) is 0 Å². The summed E-state index contributed by atoms with van der Waals surface area (Å²) in [5.74, 6) is -2.21. The summed E-state index contributed by atoms with van der Waals surface area (Å²) in [5.41, 5.74) is -1.34. The van der Waals surface area contributed by atoms with E-state index in [1.807, 2.05) is 0 Å². The number of hydrogen-bond donors (Lipinski definition) is 2. The standard InChI is InChI=1S/C17H30O7/c1-2-3-7-22-10-11-23-9-6-17(16(20)21,13-15(18)19)12-14-5-4-8-24-14/h14H,2-13H2,1H3,(H,18,19)(H,20,21). The van der Waals surface area contributed by atoms with Crippen molar-refractivity contribution in [3.63, 3.8) is 0 Å². The van der Waals surface area contributed by atoms with Crippen LogP contribution in [0.25, 0.3) is 0 Å². The molecule has 1 heterocycles. The molecule has 1 fully saturated rings. The molecule has 0 amide bonds. The molecule has 2 atom stereocenters. The van der Waals surface area contributed by atoms with Crippen LogP contribution in [0, 0.1) is 5.41 Å². The van der Waals surface area contributed by atoms with Crippen LogP contribution in [-0.2, 0) is 23.8 Å². The Hall–Kier alpha value is -1.18. The minimum Gasteiger partial charge on any atom is -0.481 e. The lowest BCUT2D eigenvalue weighted by atomic mass is 9.76. The fourth-order valence-corrected chi connectivity index (χ4v) is 2.90. The molecule has 2 N–H and O–H groups in total. The first-order chi connectivity index (χ1) is 11.5. The largest absolute Gasteiger partial charge is 0.481 e. The van der Waals surface area contributed by atoms with Gasteiger partial charge in [-0.25, -0.2) is 0 Å². The molecule has 2 unspecified atom stereocenters. The molecular formula is C17H30O7. The molecule has 7 nitrogen and oxygen atoms in total. The molecular weight excluding hydrogens is 316 g/mol. The van der Waals surface area contributed by atoms with E-state index < -0.39 is 23.8 Å². The molecule has 0 spiro atoms. The van der Waals surface area contributed by atoms with E-state index in [0.717, 1.165) is 25.7 Å². The highest BCUT2D eigenvalue weighted by molar-refractivity contribution is 5.81. The first-order valence-electron chi connectivity index (χ1n) is 8.72. The lowest BCUT2D eigenvalue weighted by molar-refractivity contribution is -0.159. The van der Waals surface area contributed by atoms with Crippen LogP contribution in [0.4, 0.5) is 0 Å². The Bertz CT molecular complexity index is 379. The second-order valence-corrected chi connectivity index (χ2v) is 6.32. The SMILES string of the molecule is CCCCOCCOCCC(CC(=O)O)(CC1CCCO1)C(=O)O. The molecule has 24 heavy (non-hydrogen) atoms. The number of carboxylic acid groups (broad SMARTS) is 2. The maximum atomic E-state index is 11.8. The summed E-state index contributed by atoms with van der Waals surface area (Å²) in [6.07, 6.45) is 3.51. The molecule has 0 aromatic heterocycles. The van der Waals surface area contributed by atoms with Crippen molar-refractivity contribution in [3.05, 3.63) is 0 Å². The maximum absolute atomic E-state index is 11.8. The van der Waals surface area contributed by atoms with Gasteiger partial charge in [0, 0.05) is 19.8 Å². The van der Waals surface area contributed by atoms with Crippen LogP contribution in [-0.4, -0.2) is 61.3 Å². The van der Waals surface area contributed by atoms with E-state index >= 15 is 0 Å². The number of aliphatic carboxylic acids is 2. The van der Waals surface area contributed by atoms with Crippen molar-refractivity contribution in [2.24, 2.45) is 5.41 Å². The quantitative estimate of drug-likeness (QED) is 0.465. The minimum absolute atomic E-state index is 0.156. The van der Waals surface area contributed by atoms with Crippen LogP contribution in [0.1, 0.15) is 51.9 Å². The van der Waals surface area contributed by atoms with E-state index in [9.17, 15) is 14.7 Å². The van der Waals surface area contributed by atoms with Gasteiger partial charge in [-0.15, -0.1) is 0 Å². The Morgan fingerprint density at radius 3 is 2.42 bits per heavy atom. The van der Waals surface area contributed by atoms with Crippen molar-refractivity contribution in [1.82, 2.24) is 0 Å². The van der Waals surface area contributed by atoms with Crippen molar-refractivity contribution in [2.75, 3.05) is 33.0 Å². The van der Waals surface area contributed by atoms with Gasteiger partial charge in [0.25, 0.3) is 0 Å². The van der Waals surface area contributed by atoms with Crippen LogP contribution >= 0.6 is 0 Å². The van der Waals surface area contributed by atoms with E-state index in [0.29, 0.717) is 26.4 Å². The lowest BCUT2D eigenvalue weighted by Gasteiger charge is -2.30. The van der Waals surface area contributed by atoms with Gasteiger partial charge in [-0.2, -0.15) is 0 Å². The van der Waals surface area contributed by atoms with Crippen LogP contribution in [0.3, 0.4) is 0 Å². The number of rotatable bonds is 14. The third-order valence-electron chi connectivity index (χ3n) is 4.32. The van der Waals surface area contributed by atoms with Gasteiger partial charge in [-0.3, -0.25) is 9.59 Å². The zero-order chi connectivity index (χ0) is 17.8. The summed E-state index contributed by atoms with van der Waals surface area (Å²) in [6.45, 7) is 4.43. The molecule has 1 aliphatic heterocycles. The molecule has 0 aliphatic carbocycles. The topological polar surface area (TPSA) is 102 Å². The van der Waals surface area contributed by atoms with Gasteiger partial charge in [0.2, 0.25) is 0 Å². The summed E-state index contributed by atoms with van der Waals surface area (Å²) in [4.78, 5) is 22.9. The highest BCUT2D eigenvalue weighted by atomic mass is 16.5. The number of carboxylic acids is 2. The van der Waals surface area contributed by atoms with E-state index in [-0.39, 0.29) is 25.6 Å². The minimum atomic E-state index is -1.34. The average Bonchev–Trinajstić information content (AvgIpc) is 3.01. The lowest BCUT2D eigenvalue weighted by Crippen LogP contribution is -2.38. The number of ether oxygens (including phenoxy) is 3. The van der Waals surface area contributed by atoms with Crippen molar-refractivity contribution >= 4 is 11.9 Å². The molecule has 0 aromatic rings. The molecule has 1 aliphatic rings. The molecule has 0 saturated carbocycles. The van der Waals surface area contributed by atoms with Gasteiger partial charge in [0.05, 0.1) is 31.2 Å². The third kappa shape index (κ3) is 7.59. The molecule has 1 rings (SSSR count). The second-order valence-electron chi connectivity index (χ2n) is 6.32. The highest BCUT2D eigenvalue weighted by Crippen LogP contribution is 2.36. The first-order valence-corrected chi connectivity index (χ1v) is 8.72. The van der Waals surface area contributed by atoms with Crippen LogP contribution in [0.15, 0.2) is 0 Å². The summed E-state index contributed by atoms with van der Waals surface area (Å²) >= 11 is 0. The smallest absolute Gasteiger partial charge is 0.310 e. The van der Waals surface area contributed by atoms with Gasteiger partial charge in [0.1, 0.15) is 0 Å². The van der Waals surface area contributed by atoms with Crippen molar-refractivity contribution < 1.29 is 34.0 Å². The summed E-state index contributed by atoms with van der Waals surface area (Å²) < 4.78 is 16.3. The van der Waals surface area contributed by atoms with Gasteiger partial charge in [0.15, 0.2) is 0 Å². The molecule has 7 heteroatoms. The number of hydrogen-bond acceptors (Lipinski definition) is 5. The molecule has 0 bridgehead atoms. The number of carbonyl (C=O) groups is 2. The summed E-state index contributed by atoms with van der Waals surface area (Å²) in [7, 11) is 0. The van der Waals surface area contributed by atoms with Gasteiger partial charge < -0.3 is 24.4 Å². The van der Waals surface area contributed by atoms with Gasteiger partial charge in [-0.1, -0.05) is 13.3 Å². The predicted octanol–water partition coefficient (Wildman–Crippen LogP) is 2.32. The third-order valence-corrected chi connectivity index (χ3v) is 4.32. The van der Waals surface area contributed by atoms with Crippen LogP contribution < -0.4 is 0 Å². The monoisotopic (exact) mass is 346 g/mol. The van der Waals surface area contributed by atoms with Crippen LogP contribution in [0.2, 0.25) is 0 Å². The zero-order valence-corrected chi connectivity index (χ0v) is 14.5. The Balaban J connectivity index is 2.45. The van der Waals surface area contributed by atoms with E-state index in [2.05, 4.69) is 6.92 Å². The van der Waals surface area contributed by atoms with Gasteiger partial charge in [-0.05, 0) is 32.1 Å². The molecule has 0 aromatic carbocycles. The van der Waals surface area contributed by atoms with Gasteiger partial charge >= 0.3 is 11.9 Å². The molecule has 140 valence electrons. The average molecular weight is 346 g/mol. The van der Waals surface area contributed by atoms with E-state index in [1.54, 1.807) is 0 Å². The number of unbranched alkanes of at least 4 members (excludes halogenated alkanes) is 1. The summed E-state index contributed by atoms with van der Waals surface area (Å²) in [5, 5.41) is 18.8. The predicted molar refractivity (Wildman–Crippen MR) is 87.1 cm³/mol. The van der Waals surface area contributed by atoms with Crippen molar-refractivity contribution in [3.8, 4) is 0 Å². The van der Waals surface area contributed by atoms with Crippen molar-refractivity contribution in [2.45, 2.75) is 58.0 Å². The fourth-order valence-electron chi connectivity index (χ4n) is 2.90. The normalized spacial score (nSPS) is 20.0. The Kier molecular flexibility index (Phi) is 9.90. The van der Waals surface area contributed by atoms with E-state index in [4.69, 9.17) is 19.3 Å².